The lowest BCUT2D eigenvalue weighted by Gasteiger charge is -2.00. The second-order valence-electron chi connectivity index (χ2n) is 2.96. The van der Waals surface area contributed by atoms with Crippen molar-refractivity contribution in [2.75, 3.05) is 0 Å². The lowest BCUT2D eigenvalue weighted by molar-refractivity contribution is -0.152. The minimum atomic E-state index is -0.515. The maximum Gasteiger partial charge on any atom is 0.323 e. The van der Waals surface area contributed by atoms with Crippen molar-refractivity contribution in [1.29, 1.82) is 0 Å². The van der Waals surface area contributed by atoms with E-state index in [1.54, 1.807) is 6.92 Å². The maximum atomic E-state index is 11.1. The second kappa shape index (κ2) is 2.69. The van der Waals surface area contributed by atoms with Gasteiger partial charge in [0, 0.05) is 5.69 Å². The predicted octanol–water partition coefficient (Wildman–Crippen LogP) is 0.275. The van der Waals surface area contributed by atoms with Crippen molar-refractivity contribution in [3.63, 3.8) is 0 Å². The molecule has 1 unspecified atom stereocenters. The molecule has 0 spiro atoms. The molecule has 0 saturated carbocycles. The number of carbonyl (C=O) groups excluding carboxylic acids is 2. The molecule has 13 heavy (non-hydrogen) atoms. The van der Waals surface area contributed by atoms with Crippen molar-refractivity contribution in [1.82, 2.24) is 9.97 Å². The van der Waals surface area contributed by atoms with Gasteiger partial charge in [0.1, 0.15) is 5.92 Å². The van der Waals surface area contributed by atoms with Crippen molar-refractivity contribution in [3.05, 3.63) is 17.7 Å². The van der Waals surface area contributed by atoms with E-state index in [2.05, 4.69) is 14.7 Å². The van der Waals surface area contributed by atoms with Crippen LogP contribution in [0.2, 0.25) is 0 Å². The van der Waals surface area contributed by atoms with Gasteiger partial charge in [-0.05, 0) is 6.92 Å². The summed E-state index contributed by atoms with van der Waals surface area (Å²) in [6.07, 6.45) is 1.60. The second-order valence-corrected chi connectivity index (χ2v) is 2.96. The highest BCUT2D eigenvalue weighted by Crippen LogP contribution is 2.27. The van der Waals surface area contributed by atoms with Gasteiger partial charge in [0.05, 0.1) is 18.4 Å². The Morgan fingerprint density at radius 2 is 2.38 bits per heavy atom. The topological polar surface area (TPSA) is 72.1 Å². The molecule has 5 heteroatoms. The van der Waals surface area contributed by atoms with E-state index >= 15 is 0 Å². The number of aromatic amines is 1. The lowest BCUT2D eigenvalue weighted by Crippen LogP contribution is -2.07. The zero-order valence-electron chi connectivity index (χ0n) is 7.03. The van der Waals surface area contributed by atoms with E-state index in [4.69, 9.17) is 0 Å². The van der Waals surface area contributed by atoms with Gasteiger partial charge in [-0.2, -0.15) is 0 Å². The van der Waals surface area contributed by atoms with Crippen LogP contribution >= 0.6 is 0 Å². The molecule has 68 valence electrons. The van der Waals surface area contributed by atoms with Crippen LogP contribution in [0.3, 0.4) is 0 Å². The average molecular weight is 180 g/mol. The number of rotatable bonds is 1. The third-order valence-corrected chi connectivity index (χ3v) is 2.07. The molecule has 0 amide bonds. The van der Waals surface area contributed by atoms with Gasteiger partial charge in [-0.3, -0.25) is 9.59 Å². The number of imidazole rings is 1. The molecular formula is C8H8N2O3. The molecule has 1 aromatic rings. The number of esters is 2. The van der Waals surface area contributed by atoms with E-state index in [0.717, 1.165) is 5.69 Å². The molecule has 1 N–H and O–H groups in total. The Morgan fingerprint density at radius 1 is 1.62 bits per heavy atom. The molecule has 1 atom stereocenters. The normalized spacial score (nSPS) is 22.1. The van der Waals surface area contributed by atoms with Crippen molar-refractivity contribution in [3.8, 4) is 0 Å². The number of nitrogens with zero attached hydrogens (tertiary/aromatic N) is 1. The van der Waals surface area contributed by atoms with Crippen molar-refractivity contribution in [2.24, 2.45) is 0 Å². The van der Waals surface area contributed by atoms with E-state index in [1.165, 1.54) is 6.33 Å². The molecule has 2 heterocycles. The molecule has 1 aromatic heterocycles. The number of nitrogens with one attached hydrogen (secondary N) is 1. The van der Waals surface area contributed by atoms with Gasteiger partial charge in [-0.25, -0.2) is 4.98 Å². The van der Waals surface area contributed by atoms with Gasteiger partial charge in [-0.15, -0.1) is 0 Å². The third-order valence-electron chi connectivity index (χ3n) is 2.07. The Balaban J connectivity index is 2.32. The van der Waals surface area contributed by atoms with Crippen LogP contribution in [0, 0.1) is 6.92 Å². The van der Waals surface area contributed by atoms with Crippen LogP contribution in [0.5, 0.6) is 0 Å². The number of H-pyrrole nitrogens is 1. The first kappa shape index (κ1) is 7.97. The number of carbonyl (C=O) groups is 2. The van der Waals surface area contributed by atoms with Crippen LogP contribution < -0.4 is 0 Å². The molecular weight excluding hydrogens is 172 g/mol. The zero-order chi connectivity index (χ0) is 9.42. The molecule has 1 aliphatic rings. The summed E-state index contributed by atoms with van der Waals surface area (Å²) >= 11 is 0. The highest BCUT2D eigenvalue weighted by Gasteiger charge is 2.36. The smallest absolute Gasteiger partial charge is 0.323 e. The Bertz CT molecular complexity index is 369. The first-order valence-corrected chi connectivity index (χ1v) is 3.93. The molecule has 1 aliphatic heterocycles. The molecule has 1 fully saturated rings. The maximum absolute atomic E-state index is 11.1. The Kier molecular flexibility index (Phi) is 1.65. The summed E-state index contributed by atoms with van der Waals surface area (Å²) < 4.78 is 4.42. The Morgan fingerprint density at radius 3 is 2.85 bits per heavy atom. The predicted molar refractivity (Wildman–Crippen MR) is 41.8 cm³/mol. The van der Waals surface area contributed by atoms with Crippen LogP contribution in [0.15, 0.2) is 6.33 Å². The third kappa shape index (κ3) is 1.22. The summed E-state index contributed by atoms with van der Waals surface area (Å²) in [6.45, 7) is 1.80. The highest BCUT2D eigenvalue weighted by atomic mass is 16.6. The minimum absolute atomic E-state index is 0.102. The van der Waals surface area contributed by atoms with Gasteiger partial charge < -0.3 is 9.72 Å². The lowest BCUT2D eigenvalue weighted by atomic mass is 10.0. The van der Waals surface area contributed by atoms with E-state index < -0.39 is 17.9 Å². The van der Waals surface area contributed by atoms with Gasteiger partial charge in [0.25, 0.3) is 0 Å². The SMILES string of the molecule is Cc1[nH]cnc1C1CC(=O)OC1=O. The first-order valence-electron chi connectivity index (χ1n) is 3.93. The van der Waals surface area contributed by atoms with E-state index in [9.17, 15) is 9.59 Å². The molecule has 2 rings (SSSR count). The fourth-order valence-corrected chi connectivity index (χ4v) is 1.40. The van der Waals surface area contributed by atoms with Crippen LogP contribution in [-0.4, -0.2) is 21.9 Å². The molecule has 0 radical (unpaired) electrons. The van der Waals surface area contributed by atoms with Gasteiger partial charge >= 0.3 is 11.9 Å². The summed E-state index contributed by atoms with van der Waals surface area (Å²) in [5.74, 6) is -1.49. The Hall–Kier alpha value is -1.65. The van der Waals surface area contributed by atoms with E-state index in [0.29, 0.717) is 5.69 Å². The van der Waals surface area contributed by atoms with E-state index in [-0.39, 0.29) is 6.42 Å². The van der Waals surface area contributed by atoms with Crippen LogP contribution in [0.25, 0.3) is 0 Å². The quantitative estimate of drug-likeness (QED) is 0.497. The molecule has 0 bridgehead atoms. The largest absolute Gasteiger partial charge is 0.393 e. The summed E-state index contributed by atoms with van der Waals surface area (Å²) in [7, 11) is 0. The van der Waals surface area contributed by atoms with Crippen LogP contribution in [0.1, 0.15) is 23.7 Å². The number of aromatic nitrogens is 2. The first-order chi connectivity index (χ1) is 6.18. The van der Waals surface area contributed by atoms with Crippen LogP contribution in [0.4, 0.5) is 0 Å². The zero-order valence-corrected chi connectivity index (χ0v) is 7.03. The summed E-state index contributed by atoms with van der Waals surface area (Å²) in [5.41, 5.74) is 1.41. The van der Waals surface area contributed by atoms with Gasteiger partial charge in [0.15, 0.2) is 0 Å². The number of hydrogen-bond acceptors (Lipinski definition) is 4. The van der Waals surface area contributed by atoms with Crippen molar-refractivity contribution >= 4 is 11.9 Å². The van der Waals surface area contributed by atoms with Crippen molar-refractivity contribution < 1.29 is 14.3 Å². The highest BCUT2D eigenvalue weighted by molar-refractivity contribution is 5.97. The monoisotopic (exact) mass is 180 g/mol. The van der Waals surface area contributed by atoms with Gasteiger partial charge in [0.2, 0.25) is 0 Å². The summed E-state index contributed by atoms with van der Waals surface area (Å²) in [4.78, 5) is 28.8. The van der Waals surface area contributed by atoms with Crippen LogP contribution in [-0.2, 0) is 14.3 Å². The average Bonchev–Trinajstić information content (AvgIpc) is 2.58. The number of cyclic esters (lactones) is 2. The summed E-state index contributed by atoms with van der Waals surface area (Å²) in [5, 5.41) is 0. The fraction of sp³-hybridized carbons (Fsp3) is 0.375. The molecule has 1 saturated heterocycles. The summed E-state index contributed by atoms with van der Waals surface area (Å²) in [6, 6.07) is 0. The number of aryl methyl sites for hydroxylation is 1. The Labute approximate surface area is 74.1 Å². The molecule has 5 nitrogen and oxygen atoms in total. The molecule has 0 aromatic carbocycles. The minimum Gasteiger partial charge on any atom is -0.393 e. The van der Waals surface area contributed by atoms with E-state index in [1.807, 2.05) is 0 Å². The fourth-order valence-electron chi connectivity index (χ4n) is 1.40. The standard InChI is InChI=1S/C8H8N2O3/c1-4-7(10-3-9-4)5-2-6(11)13-8(5)12/h3,5H,2H2,1H3,(H,9,10). The number of hydrogen-bond donors (Lipinski definition) is 1. The van der Waals surface area contributed by atoms with Crippen molar-refractivity contribution in [2.45, 2.75) is 19.3 Å². The van der Waals surface area contributed by atoms with Gasteiger partial charge in [-0.1, -0.05) is 0 Å². The molecule has 0 aliphatic carbocycles. The number of ether oxygens (including phenoxy) is 1.